The van der Waals surface area contributed by atoms with E-state index in [1.807, 2.05) is 0 Å². The quantitative estimate of drug-likeness (QED) is 0.754. The van der Waals surface area contributed by atoms with E-state index in [2.05, 4.69) is 10.6 Å². The van der Waals surface area contributed by atoms with Gasteiger partial charge in [0.25, 0.3) is 6.43 Å². The number of benzene rings is 1. The Morgan fingerprint density at radius 1 is 1.32 bits per heavy atom. The number of amides is 1. The topological polar surface area (TPSA) is 61.4 Å². The lowest BCUT2D eigenvalue weighted by Gasteiger charge is -2.12. The van der Waals surface area contributed by atoms with Crippen molar-refractivity contribution < 1.29 is 18.7 Å². The molecule has 8 heteroatoms. The molecule has 1 unspecified atom stereocenters. The number of rotatable bonds is 6. The summed E-state index contributed by atoms with van der Waals surface area (Å²) >= 11 is 11.7. The maximum atomic E-state index is 12.0. The first kappa shape index (κ1) is 16.1. The van der Waals surface area contributed by atoms with E-state index < -0.39 is 18.4 Å². The van der Waals surface area contributed by atoms with Crippen LogP contribution in [0.3, 0.4) is 0 Å². The van der Waals surface area contributed by atoms with Crippen molar-refractivity contribution in [2.45, 2.75) is 12.5 Å². The highest BCUT2D eigenvalue weighted by Gasteiger charge is 2.16. The third kappa shape index (κ3) is 5.28. The highest BCUT2D eigenvalue weighted by molar-refractivity contribution is 6.39. The van der Waals surface area contributed by atoms with Gasteiger partial charge < -0.3 is 15.7 Å². The van der Waals surface area contributed by atoms with E-state index in [-0.39, 0.29) is 28.8 Å². The molecule has 0 aromatic heterocycles. The molecule has 0 bridgehead atoms. The van der Waals surface area contributed by atoms with E-state index in [0.29, 0.717) is 0 Å². The van der Waals surface area contributed by atoms with Crippen molar-refractivity contribution in [1.82, 2.24) is 5.32 Å². The molecule has 4 nitrogen and oxygen atoms in total. The fourth-order valence-electron chi connectivity index (χ4n) is 1.22. The van der Waals surface area contributed by atoms with Crippen LogP contribution in [0.2, 0.25) is 10.0 Å². The van der Waals surface area contributed by atoms with Gasteiger partial charge in [0.1, 0.15) is 6.10 Å². The summed E-state index contributed by atoms with van der Waals surface area (Å²) in [6, 6.07) is 4.73. The lowest BCUT2D eigenvalue weighted by molar-refractivity contribution is -0.115. The number of aliphatic hydroxyl groups excluding tert-OH is 1. The Bertz CT molecular complexity index is 426. The molecule has 1 aromatic carbocycles. The SMILES string of the molecule is O=C(CNCC(O)C(F)F)Nc1c(Cl)cccc1Cl. The van der Waals surface area contributed by atoms with Crippen LogP contribution in [-0.2, 0) is 4.79 Å². The highest BCUT2D eigenvalue weighted by atomic mass is 35.5. The van der Waals surface area contributed by atoms with E-state index in [4.69, 9.17) is 28.3 Å². The second-order valence-electron chi connectivity index (χ2n) is 3.68. The third-order valence-electron chi connectivity index (χ3n) is 2.16. The number of carbonyl (C=O) groups is 1. The number of alkyl halides is 2. The van der Waals surface area contributed by atoms with Gasteiger partial charge in [-0.05, 0) is 12.1 Å². The number of nitrogens with one attached hydrogen (secondary N) is 2. The number of para-hydroxylation sites is 1. The van der Waals surface area contributed by atoms with Gasteiger partial charge in [0, 0.05) is 6.54 Å². The maximum absolute atomic E-state index is 12.0. The molecular formula is C11H12Cl2F2N2O2. The molecule has 0 radical (unpaired) electrons. The smallest absolute Gasteiger partial charge is 0.265 e. The van der Waals surface area contributed by atoms with Crippen LogP contribution in [0.1, 0.15) is 0 Å². The van der Waals surface area contributed by atoms with Gasteiger partial charge in [-0.25, -0.2) is 8.78 Å². The average Bonchev–Trinajstić information content (AvgIpc) is 2.33. The van der Waals surface area contributed by atoms with Gasteiger partial charge in [-0.2, -0.15) is 0 Å². The first-order valence-corrected chi connectivity index (χ1v) is 6.08. The first-order chi connectivity index (χ1) is 8.91. The van der Waals surface area contributed by atoms with Crippen molar-refractivity contribution in [2.24, 2.45) is 0 Å². The minimum absolute atomic E-state index is 0.245. The lowest BCUT2D eigenvalue weighted by atomic mass is 10.3. The van der Waals surface area contributed by atoms with E-state index in [1.165, 1.54) is 0 Å². The summed E-state index contributed by atoms with van der Waals surface area (Å²) < 4.78 is 24.0. The van der Waals surface area contributed by atoms with E-state index >= 15 is 0 Å². The number of hydrogen-bond acceptors (Lipinski definition) is 3. The fraction of sp³-hybridized carbons (Fsp3) is 0.364. The van der Waals surface area contributed by atoms with Crippen LogP contribution >= 0.6 is 23.2 Å². The summed E-state index contributed by atoms with van der Waals surface area (Å²) in [6.07, 6.45) is -4.66. The molecule has 19 heavy (non-hydrogen) atoms. The molecule has 0 aliphatic carbocycles. The summed E-state index contributed by atoms with van der Waals surface area (Å²) in [5, 5.41) is 14.2. The Morgan fingerprint density at radius 3 is 2.42 bits per heavy atom. The van der Waals surface area contributed by atoms with Crippen LogP contribution in [0.4, 0.5) is 14.5 Å². The zero-order chi connectivity index (χ0) is 14.4. The van der Waals surface area contributed by atoms with Crippen LogP contribution in [0.25, 0.3) is 0 Å². The Labute approximate surface area is 118 Å². The van der Waals surface area contributed by atoms with Gasteiger partial charge in [0.05, 0.1) is 22.3 Å². The Balaban J connectivity index is 2.44. The molecule has 1 atom stereocenters. The monoisotopic (exact) mass is 312 g/mol. The van der Waals surface area contributed by atoms with Gasteiger partial charge in [0.2, 0.25) is 5.91 Å². The summed E-state index contributed by atoms with van der Waals surface area (Å²) in [6.45, 7) is -0.632. The number of hydrogen-bond donors (Lipinski definition) is 3. The molecule has 1 amide bonds. The van der Waals surface area contributed by atoms with Crippen molar-refractivity contribution in [3.8, 4) is 0 Å². The molecule has 1 aromatic rings. The number of anilines is 1. The first-order valence-electron chi connectivity index (χ1n) is 5.32. The van der Waals surface area contributed by atoms with E-state index in [0.717, 1.165) is 0 Å². The second-order valence-corrected chi connectivity index (χ2v) is 4.49. The van der Waals surface area contributed by atoms with Gasteiger partial charge in [0.15, 0.2) is 0 Å². The van der Waals surface area contributed by atoms with Crippen LogP contribution < -0.4 is 10.6 Å². The minimum atomic E-state index is -2.85. The molecule has 1 rings (SSSR count). The molecule has 0 saturated carbocycles. The zero-order valence-electron chi connectivity index (χ0n) is 9.67. The normalized spacial score (nSPS) is 12.5. The van der Waals surface area contributed by atoms with Gasteiger partial charge in [-0.3, -0.25) is 4.79 Å². The molecule has 0 spiro atoms. The highest BCUT2D eigenvalue weighted by Crippen LogP contribution is 2.29. The molecule has 0 heterocycles. The van der Waals surface area contributed by atoms with E-state index in [1.54, 1.807) is 18.2 Å². The number of carbonyl (C=O) groups excluding carboxylic acids is 1. The Kier molecular flexibility index (Phi) is 6.44. The maximum Gasteiger partial charge on any atom is 0.265 e. The Morgan fingerprint density at radius 2 is 1.89 bits per heavy atom. The zero-order valence-corrected chi connectivity index (χ0v) is 11.2. The predicted molar refractivity (Wildman–Crippen MR) is 70.0 cm³/mol. The van der Waals surface area contributed by atoms with Crippen molar-refractivity contribution in [3.63, 3.8) is 0 Å². The molecule has 0 aliphatic rings. The summed E-state index contributed by atoms with van der Waals surface area (Å²) in [7, 11) is 0. The number of aliphatic hydroxyl groups is 1. The molecule has 0 aliphatic heterocycles. The average molecular weight is 313 g/mol. The van der Waals surface area contributed by atoms with Crippen LogP contribution in [0.15, 0.2) is 18.2 Å². The molecule has 3 N–H and O–H groups in total. The standard InChI is InChI=1S/C11H12Cl2F2N2O2/c12-6-2-1-3-7(13)10(6)17-9(19)5-16-4-8(18)11(14)15/h1-3,8,11,16,18H,4-5H2,(H,17,19). The summed E-state index contributed by atoms with van der Waals surface area (Å²) in [4.78, 5) is 11.5. The van der Waals surface area contributed by atoms with Gasteiger partial charge in [-0.1, -0.05) is 29.3 Å². The van der Waals surface area contributed by atoms with Crippen LogP contribution in [0.5, 0.6) is 0 Å². The van der Waals surface area contributed by atoms with Gasteiger partial charge in [-0.15, -0.1) is 0 Å². The predicted octanol–water partition coefficient (Wildman–Crippen LogP) is 2.15. The lowest BCUT2D eigenvalue weighted by Crippen LogP contribution is -2.36. The summed E-state index contributed by atoms with van der Waals surface area (Å²) in [5.41, 5.74) is 0.257. The van der Waals surface area contributed by atoms with E-state index in [9.17, 15) is 13.6 Å². The van der Waals surface area contributed by atoms with Crippen molar-refractivity contribution >= 4 is 34.8 Å². The summed E-state index contributed by atoms with van der Waals surface area (Å²) in [5.74, 6) is -0.503. The molecule has 106 valence electrons. The van der Waals surface area contributed by atoms with Crippen LogP contribution in [-0.4, -0.2) is 36.6 Å². The van der Waals surface area contributed by atoms with Crippen molar-refractivity contribution in [2.75, 3.05) is 18.4 Å². The largest absolute Gasteiger partial charge is 0.386 e. The Hall–Kier alpha value is -0.950. The second kappa shape index (κ2) is 7.59. The minimum Gasteiger partial charge on any atom is -0.386 e. The van der Waals surface area contributed by atoms with Crippen LogP contribution in [0, 0.1) is 0 Å². The fourth-order valence-corrected chi connectivity index (χ4v) is 1.72. The van der Waals surface area contributed by atoms with Crippen molar-refractivity contribution in [3.05, 3.63) is 28.2 Å². The van der Waals surface area contributed by atoms with Crippen molar-refractivity contribution in [1.29, 1.82) is 0 Å². The molecule has 0 saturated heterocycles. The third-order valence-corrected chi connectivity index (χ3v) is 2.79. The van der Waals surface area contributed by atoms with Gasteiger partial charge >= 0.3 is 0 Å². The number of halogens is 4. The molecule has 0 fully saturated rings. The molecular weight excluding hydrogens is 301 g/mol.